The molecule has 0 N–H and O–H groups in total. The van der Waals surface area contributed by atoms with Gasteiger partial charge in [-0.1, -0.05) is 31.5 Å². The van der Waals surface area contributed by atoms with Gasteiger partial charge in [-0.05, 0) is 55.2 Å². The van der Waals surface area contributed by atoms with Crippen LogP contribution in [0.3, 0.4) is 0 Å². The molecule has 104 valence electrons. The summed E-state index contributed by atoms with van der Waals surface area (Å²) >= 11 is 0. The number of carbonyl (C=O) groups excluding carboxylic acids is 1. The number of aryl methyl sites for hydroxylation is 1. The van der Waals surface area contributed by atoms with E-state index in [-0.39, 0.29) is 11.6 Å². The second kappa shape index (κ2) is 6.47. The van der Waals surface area contributed by atoms with Gasteiger partial charge in [0.15, 0.2) is 5.78 Å². The largest absolute Gasteiger partial charge is 0.289 e. The Labute approximate surface area is 119 Å². The molecule has 0 radical (unpaired) electrons. The van der Waals surface area contributed by atoms with Gasteiger partial charge in [0.1, 0.15) is 5.82 Å². The third kappa shape index (κ3) is 3.13. The fourth-order valence-electron chi connectivity index (χ4n) is 2.32. The lowest BCUT2D eigenvalue weighted by molar-refractivity contribution is 0.103. The molecule has 0 atom stereocenters. The maximum absolute atomic E-state index is 12.9. The van der Waals surface area contributed by atoms with Gasteiger partial charge in [0.25, 0.3) is 0 Å². The fourth-order valence-corrected chi connectivity index (χ4v) is 2.32. The topological polar surface area (TPSA) is 17.1 Å². The lowest BCUT2D eigenvalue weighted by Crippen LogP contribution is -2.06. The molecule has 1 nitrogen and oxygen atoms in total. The Hall–Kier alpha value is -1.96. The highest BCUT2D eigenvalue weighted by molar-refractivity contribution is 6.10. The number of halogens is 1. The number of ketones is 1. The summed E-state index contributed by atoms with van der Waals surface area (Å²) in [6, 6.07) is 11.6. The summed E-state index contributed by atoms with van der Waals surface area (Å²) < 4.78 is 12.9. The number of benzene rings is 2. The Kier molecular flexibility index (Phi) is 4.67. The number of rotatable bonds is 5. The van der Waals surface area contributed by atoms with Gasteiger partial charge in [0.2, 0.25) is 0 Å². The Balaban J connectivity index is 2.32. The van der Waals surface area contributed by atoms with Crippen molar-refractivity contribution in [3.8, 4) is 0 Å². The Bertz CT molecular complexity index is 599. The van der Waals surface area contributed by atoms with Gasteiger partial charge in [-0.25, -0.2) is 4.39 Å². The van der Waals surface area contributed by atoms with E-state index in [1.807, 2.05) is 19.1 Å². The van der Waals surface area contributed by atoms with Crippen LogP contribution < -0.4 is 0 Å². The summed E-state index contributed by atoms with van der Waals surface area (Å²) in [5, 5.41) is 0. The maximum atomic E-state index is 12.9. The van der Waals surface area contributed by atoms with Crippen LogP contribution in [-0.2, 0) is 6.42 Å². The van der Waals surface area contributed by atoms with E-state index in [4.69, 9.17) is 0 Å². The highest BCUT2D eigenvalue weighted by Crippen LogP contribution is 2.19. The highest BCUT2D eigenvalue weighted by atomic mass is 19.1. The lowest BCUT2D eigenvalue weighted by Gasteiger charge is -2.10. The van der Waals surface area contributed by atoms with Gasteiger partial charge >= 0.3 is 0 Å². The Morgan fingerprint density at radius 1 is 1.10 bits per heavy atom. The van der Waals surface area contributed by atoms with Crippen LogP contribution in [0, 0.1) is 12.7 Å². The first-order valence-electron chi connectivity index (χ1n) is 7.02. The molecular weight excluding hydrogens is 251 g/mol. The van der Waals surface area contributed by atoms with Crippen LogP contribution in [0.1, 0.15) is 46.8 Å². The maximum Gasteiger partial charge on any atom is 0.193 e. The highest BCUT2D eigenvalue weighted by Gasteiger charge is 2.13. The predicted molar refractivity (Wildman–Crippen MR) is 79.6 cm³/mol. The van der Waals surface area contributed by atoms with Crippen molar-refractivity contribution in [2.45, 2.75) is 33.1 Å². The lowest BCUT2D eigenvalue weighted by atomic mass is 9.93. The van der Waals surface area contributed by atoms with Crippen molar-refractivity contribution in [1.29, 1.82) is 0 Å². The molecule has 0 saturated heterocycles. The zero-order chi connectivity index (χ0) is 14.5. The standard InChI is InChI=1S/C18H19FO/c1-3-4-6-14-7-5-8-17(13(14)2)18(20)15-9-11-16(19)12-10-15/h5,7-12H,3-4,6H2,1-2H3. The minimum absolute atomic E-state index is 0.0409. The fraction of sp³-hybridized carbons (Fsp3) is 0.278. The molecule has 0 aliphatic carbocycles. The SMILES string of the molecule is CCCCc1cccc(C(=O)c2ccc(F)cc2)c1C. The van der Waals surface area contributed by atoms with Gasteiger partial charge < -0.3 is 0 Å². The minimum atomic E-state index is -0.324. The van der Waals surface area contributed by atoms with Crippen LogP contribution in [0.25, 0.3) is 0 Å². The molecule has 0 fully saturated rings. The molecule has 0 aliphatic heterocycles. The van der Waals surface area contributed by atoms with Crippen molar-refractivity contribution in [3.63, 3.8) is 0 Å². The number of carbonyl (C=O) groups is 1. The van der Waals surface area contributed by atoms with E-state index in [1.165, 1.54) is 29.8 Å². The molecule has 0 aromatic heterocycles. The van der Waals surface area contributed by atoms with Crippen LogP contribution in [0.2, 0.25) is 0 Å². The number of hydrogen-bond acceptors (Lipinski definition) is 1. The van der Waals surface area contributed by atoms with E-state index < -0.39 is 0 Å². The summed E-state index contributed by atoms with van der Waals surface area (Å²) in [6.07, 6.45) is 3.25. The van der Waals surface area contributed by atoms with Gasteiger partial charge in [0, 0.05) is 11.1 Å². The first-order chi connectivity index (χ1) is 9.63. The van der Waals surface area contributed by atoms with Crippen LogP contribution in [0.5, 0.6) is 0 Å². The molecule has 0 unspecified atom stereocenters. The van der Waals surface area contributed by atoms with Crippen LogP contribution in [0.15, 0.2) is 42.5 Å². The van der Waals surface area contributed by atoms with Gasteiger partial charge in [-0.3, -0.25) is 4.79 Å². The molecule has 2 aromatic carbocycles. The smallest absolute Gasteiger partial charge is 0.193 e. The molecule has 2 rings (SSSR count). The van der Waals surface area contributed by atoms with E-state index in [2.05, 4.69) is 13.0 Å². The third-order valence-electron chi connectivity index (χ3n) is 3.60. The molecule has 0 amide bonds. The van der Waals surface area contributed by atoms with Crippen molar-refractivity contribution in [2.24, 2.45) is 0 Å². The zero-order valence-electron chi connectivity index (χ0n) is 11.9. The summed E-state index contributed by atoms with van der Waals surface area (Å²) in [5.74, 6) is -0.365. The molecule has 2 heteroatoms. The Morgan fingerprint density at radius 3 is 2.45 bits per heavy atom. The predicted octanol–water partition coefficient (Wildman–Crippen LogP) is 4.71. The van der Waals surface area contributed by atoms with Gasteiger partial charge in [0.05, 0.1) is 0 Å². The summed E-state index contributed by atoms with van der Waals surface area (Å²) in [5.41, 5.74) is 3.50. The molecule has 0 saturated carbocycles. The van der Waals surface area contributed by atoms with Crippen molar-refractivity contribution in [1.82, 2.24) is 0 Å². The average Bonchev–Trinajstić information content (AvgIpc) is 2.46. The summed E-state index contributed by atoms with van der Waals surface area (Å²) in [7, 11) is 0. The average molecular weight is 270 g/mol. The van der Waals surface area contributed by atoms with E-state index in [9.17, 15) is 9.18 Å². The zero-order valence-corrected chi connectivity index (χ0v) is 11.9. The van der Waals surface area contributed by atoms with Crippen molar-refractivity contribution >= 4 is 5.78 Å². The van der Waals surface area contributed by atoms with Crippen LogP contribution in [0.4, 0.5) is 4.39 Å². The van der Waals surface area contributed by atoms with E-state index >= 15 is 0 Å². The number of unbranched alkanes of at least 4 members (excludes halogenated alkanes) is 1. The first-order valence-corrected chi connectivity index (χ1v) is 7.02. The molecule has 0 heterocycles. The van der Waals surface area contributed by atoms with E-state index in [0.29, 0.717) is 11.1 Å². The molecule has 0 aliphatic rings. The molecular formula is C18H19FO. The summed E-state index contributed by atoms with van der Waals surface area (Å²) in [6.45, 7) is 4.14. The number of hydrogen-bond donors (Lipinski definition) is 0. The van der Waals surface area contributed by atoms with Crippen molar-refractivity contribution in [3.05, 3.63) is 70.5 Å². The van der Waals surface area contributed by atoms with Gasteiger partial charge in [-0.15, -0.1) is 0 Å². The van der Waals surface area contributed by atoms with Crippen molar-refractivity contribution in [2.75, 3.05) is 0 Å². The monoisotopic (exact) mass is 270 g/mol. The second-order valence-corrected chi connectivity index (χ2v) is 5.03. The van der Waals surface area contributed by atoms with Crippen molar-refractivity contribution < 1.29 is 9.18 Å². The molecule has 0 spiro atoms. The third-order valence-corrected chi connectivity index (χ3v) is 3.60. The molecule has 2 aromatic rings. The second-order valence-electron chi connectivity index (χ2n) is 5.03. The summed E-state index contributed by atoms with van der Waals surface area (Å²) in [4.78, 5) is 12.5. The van der Waals surface area contributed by atoms with E-state index in [1.54, 1.807) is 0 Å². The van der Waals surface area contributed by atoms with Gasteiger partial charge in [-0.2, -0.15) is 0 Å². The van der Waals surface area contributed by atoms with Crippen LogP contribution >= 0.6 is 0 Å². The quantitative estimate of drug-likeness (QED) is 0.719. The first kappa shape index (κ1) is 14.4. The molecule has 20 heavy (non-hydrogen) atoms. The normalized spacial score (nSPS) is 10.6. The van der Waals surface area contributed by atoms with Crippen LogP contribution in [-0.4, -0.2) is 5.78 Å². The Morgan fingerprint density at radius 2 is 1.80 bits per heavy atom. The van der Waals surface area contributed by atoms with E-state index in [0.717, 1.165) is 24.8 Å². The molecule has 0 bridgehead atoms. The minimum Gasteiger partial charge on any atom is -0.289 e.